The summed E-state index contributed by atoms with van der Waals surface area (Å²) in [5, 5.41) is 5.94. The van der Waals surface area contributed by atoms with Gasteiger partial charge in [-0.1, -0.05) is 35.9 Å². The van der Waals surface area contributed by atoms with Gasteiger partial charge in [0.15, 0.2) is 0 Å². The van der Waals surface area contributed by atoms with E-state index in [9.17, 15) is 0 Å². The number of piperazine rings is 1. The number of hydrogen-bond donors (Lipinski definition) is 1. The average molecular weight is 360 g/mol. The molecule has 2 heterocycles. The van der Waals surface area contributed by atoms with Crippen molar-refractivity contribution >= 4 is 39.7 Å². The highest BCUT2D eigenvalue weighted by molar-refractivity contribution is 7.10. The summed E-state index contributed by atoms with van der Waals surface area (Å²) in [6, 6.07) is 14.8. The number of halogens is 1. The zero-order chi connectivity index (χ0) is 16.5. The van der Waals surface area contributed by atoms with E-state index in [-0.39, 0.29) is 6.04 Å². The minimum absolute atomic E-state index is 0.192. The van der Waals surface area contributed by atoms with Crippen LogP contribution in [0.3, 0.4) is 0 Å². The van der Waals surface area contributed by atoms with Crippen LogP contribution in [0.25, 0.3) is 10.8 Å². The molecule has 1 N–H and O–H groups in total. The number of methoxy groups -OCH3 is 1. The Kier molecular flexibility index (Phi) is 4.31. The van der Waals surface area contributed by atoms with Crippen LogP contribution in [0.1, 0.15) is 11.6 Å². The number of ether oxygens (including phenoxy) is 1. The van der Waals surface area contributed by atoms with E-state index < -0.39 is 0 Å². The molecule has 1 saturated heterocycles. The summed E-state index contributed by atoms with van der Waals surface area (Å²) < 4.78 is 10.8. The average Bonchev–Trinajstić information content (AvgIpc) is 3.07. The van der Waals surface area contributed by atoms with Crippen molar-refractivity contribution in [2.24, 2.45) is 0 Å². The smallest absolute Gasteiger partial charge is 0.144 e. The van der Waals surface area contributed by atoms with Gasteiger partial charge in [0.2, 0.25) is 0 Å². The highest BCUT2D eigenvalue weighted by atomic mass is 35.5. The Balaban J connectivity index is 1.84. The number of aromatic nitrogens is 1. The molecular weight excluding hydrogens is 342 g/mol. The quantitative estimate of drug-likeness (QED) is 0.763. The molecule has 1 aromatic heterocycles. The zero-order valence-electron chi connectivity index (χ0n) is 13.3. The van der Waals surface area contributed by atoms with E-state index in [0.717, 1.165) is 35.5 Å². The number of benzene rings is 2. The predicted molar refractivity (Wildman–Crippen MR) is 101 cm³/mol. The van der Waals surface area contributed by atoms with Gasteiger partial charge in [-0.25, -0.2) is 0 Å². The molecule has 0 amide bonds. The van der Waals surface area contributed by atoms with Crippen LogP contribution < -0.4 is 15.0 Å². The molecule has 3 aromatic rings. The van der Waals surface area contributed by atoms with Crippen molar-refractivity contribution in [1.82, 2.24) is 9.69 Å². The molecule has 124 valence electrons. The normalized spacial score (nSPS) is 18.1. The first-order chi connectivity index (χ1) is 11.8. The molecule has 0 bridgehead atoms. The zero-order valence-corrected chi connectivity index (χ0v) is 14.9. The number of rotatable bonds is 3. The molecule has 1 aliphatic rings. The minimum atomic E-state index is 0.192. The molecule has 1 unspecified atom stereocenters. The summed E-state index contributed by atoms with van der Waals surface area (Å²) in [4.78, 5) is 2.33. The molecule has 0 spiro atoms. The molecule has 0 aliphatic carbocycles. The second-order valence-electron chi connectivity index (χ2n) is 5.84. The van der Waals surface area contributed by atoms with Crippen molar-refractivity contribution in [1.29, 1.82) is 0 Å². The Morgan fingerprint density at radius 3 is 2.96 bits per heavy atom. The summed E-state index contributed by atoms with van der Waals surface area (Å²) in [5.41, 5.74) is 1.25. The van der Waals surface area contributed by atoms with Crippen molar-refractivity contribution < 1.29 is 4.74 Å². The van der Waals surface area contributed by atoms with Gasteiger partial charge in [0.05, 0.1) is 13.2 Å². The number of hydrogen-bond acceptors (Lipinski definition) is 5. The maximum absolute atomic E-state index is 6.11. The topological polar surface area (TPSA) is 37.4 Å². The minimum Gasteiger partial charge on any atom is -0.497 e. The van der Waals surface area contributed by atoms with E-state index in [0.29, 0.717) is 0 Å². The third-order valence-corrected chi connectivity index (χ3v) is 5.36. The molecule has 4 nitrogen and oxygen atoms in total. The summed E-state index contributed by atoms with van der Waals surface area (Å²) >= 11 is 7.45. The number of fused-ring (bicyclic) bond motifs is 1. The molecule has 1 fully saturated rings. The summed E-state index contributed by atoms with van der Waals surface area (Å²) in [6.45, 7) is 2.70. The van der Waals surface area contributed by atoms with Crippen LogP contribution in [0, 0.1) is 0 Å². The lowest BCUT2D eigenvalue weighted by atomic mass is 9.96. The van der Waals surface area contributed by atoms with Crippen LogP contribution in [0.4, 0.5) is 5.82 Å². The second kappa shape index (κ2) is 6.59. The fourth-order valence-corrected chi connectivity index (χ4v) is 4.04. The first-order valence-corrected chi connectivity index (χ1v) is 9.07. The Bertz CT molecular complexity index is 866. The fourth-order valence-electron chi connectivity index (χ4n) is 3.34. The van der Waals surface area contributed by atoms with E-state index in [1.54, 1.807) is 7.11 Å². The second-order valence-corrected chi connectivity index (χ2v) is 7.28. The van der Waals surface area contributed by atoms with Crippen LogP contribution in [0.2, 0.25) is 4.34 Å². The maximum atomic E-state index is 6.11. The van der Waals surface area contributed by atoms with Crippen molar-refractivity contribution in [3.63, 3.8) is 0 Å². The Hall–Kier alpha value is -1.82. The van der Waals surface area contributed by atoms with E-state index in [1.165, 1.54) is 27.9 Å². The van der Waals surface area contributed by atoms with Crippen LogP contribution in [0.5, 0.6) is 5.75 Å². The standard InChI is InChI=1S/C18H18ClN3OS/c1-23-13-8-12-4-2-3-5-14(12)15(9-13)16-11-20-6-7-22(16)18-10-17(19)24-21-18/h2-5,8-10,16,20H,6-7,11H2,1H3. The van der Waals surface area contributed by atoms with Crippen molar-refractivity contribution in [3.05, 3.63) is 52.4 Å². The van der Waals surface area contributed by atoms with Crippen molar-refractivity contribution in [2.45, 2.75) is 6.04 Å². The largest absolute Gasteiger partial charge is 0.497 e. The number of nitrogens with one attached hydrogen (secondary N) is 1. The monoisotopic (exact) mass is 359 g/mol. The van der Waals surface area contributed by atoms with Crippen molar-refractivity contribution in [2.75, 3.05) is 31.6 Å². The van der Waals surface area contributed by atoms with Crippen LogP contribution in [-0.4, -0.2) is 31.1 Å². The number of anilines is 1. The predicted octanol–water partition coefficient (Wildman–Crippen LogP) is 4.11. The van der Waals surface area contributed by atoms with Crippen molar-refractivity contribution in [3.8, 4) is 5.75 Å². The van der Waals surface area contributed by atoms with Gasteiger partial charge in [-0.15, -0.1) is 0 Å². The third kappa shape index (κ3) is 2.83. The maximum Gasteiger partial charge on any atom is 0.144 e. The van der Waals surface area contributed by atoms with Gasteiger partial charge in [-0.3, -0.25) is 0 Å². The lowest BCUT2D eigenvalue weighted by molar-refractivity contribution is 0.413. The van der Waals surface area contributed by atoms with Gasteiger partial charge >= 0.3 is 0 Å². The van der Waals surface area contributed by atoms with Gasteiger partial charge in [0.25, 0.3) is 0 Å². The van der Waals surface area contributed by atoms with E-state index in [2.05, 4.69) is 51.0 Å². The van der Waals surface area contributed by atoms with E-state index in [1.807, 2.05) is 6.07 Å². The molecule has 2 aromatic carbocycles. The molecular formula is C18H18ClN3OS. The van der Waals surface area contributed by atoms with Crippen LogP contribution in [-0.2, 0) is 0 Å². The van der Waals surface area contributed by atoms with E-state index >= 15 is 0 Å². The first-order valence-electron chi connectivity index (χ1n) is 7.92. The Labute approximate surface area is 150 Å². The third-order valence-electron chi connectivity index (χ3n) is 4.47. The molecule has 4 rings (SSSR count). The molecule has 24 heavy (non-hydrogen) atoms. The SMILES string of the molecule is COc1cc(C2CNCCN2c2cc(Cl)sn2)c2ccccc2c1. The summed E-state index contributed by atoms with van der Waals surface area (Å²) in [7, 11) is 1.71. The van der Waals surface area contributed by atoms with Gasteiger partial charge in [-0.2, -0.15) is 4.37 Å². The lowest BCUT2D eigenvalue weighted by Crippen LogP contribution is -2.46. The summed E-state index contributed by atoms with van der Waals surface area (Å²) in [5.74, 6) is 1.83. The van der Waals surface area contributed by atoms with Gasteiger partial charge in [0.1, 0.15) is 15.9 Å². The van der Waals surface area contributed by atoms with E-state index in [4.69, 9.17) is 16.3 Å². The Morgan fingerprint density at radius 2 is 2.17 bits per heavy atom. The first kappa shape index (κ1) is 15.7. The van der Waals surface area contributed by atoms with Gasteiger partial charge in [-0.05, 0) is 40.0 Å². The highest BCUT2D eigenvalue weighted by Crippen LogP contribution is 2.36. The lowest BCUT2D eigenvalue weighted by Gasteiger charge is -2.37. The highest BCUT2D eigenvalue weighted by Gasteiger charge is 2.27. The molecule has 0 radical (unpaired) electrons. The van der Waals surface area contributed by atoms with Crippen LogP contribution in [0.15, 0.2) is 42.5 Å². The molecule has 1 atom stereocenters. The number of nitrogens with zero attached hydrogens (tertiary/aromatic N) is 2. The fraction of sp³-hybridized carbons (Fsp3) is 0.278. The molecule has 0 saturated carbocycles. The van der Waals surface area contributed by atoms with Gasteiger partial charge in [0, 0.05) is 25.7 Å². The van der Waals surface area contributed by atoms with Gasteiger partial charge < -0.3 is 15.0 Å². The summed E-state index contributed by atoms with van der Waals surface area (Å²) in [6.07, 6.45) is 0. The Morgan fingerprint density at radius 1 is 1.29 bits per heavy atom. The molecule has 6 heteroatoms. The van der Waals surface area contributed by atoms with Crippen LogP contribution >= 0.6 is 23.1 Å². The molecule has 1 aliphatic heterocycles.